The molecule has 0 aliphatic carbocycles. The van der Waals surface area contributed by atoms with E-state index in [0.29, 0.717) is 15.7 Å². The molecular formula is C16H18ClN3O2S. The summed E-state index contributed by atoms with van der Waals surface area (Å²) in [5, 5.41) is 6.59. The Kier molecular flexibility index (Phi) is 5.74. The van der Waals surface area contributed by atoms with E-state index < -0.39 is 6.04 Å². The SMILES string of the molecule is Cc1cnc(NC(=O)C(NC(=O)c2ccc(Cl)cc2)C(C)C)s1. The molecule has 2 amide bonds. The van der Waals surface area contributed by atoms with Gasteiger partial charge in [-0.1, -0.05) is 25.4 Å². The fraction of sp³-hybridized carbons (Fsp3) is 0.312. The van der Waals surface area contributed by atoms with E-state index in [4.69, 9.17) is 11.6 Å². The molecule has 23 heavy (non-hydrogen) atoms. The third-order valence-corrected chi connectivity index (χ3v) is 4.27. The topological polar surface area (TPSA) is 71.1 Å². The molecule has 2 aromatic rings. The zero-order valence-corrected chi connectivity index (χ0v) is 14.7. The van der Waals surface area contributed by atoms with Crippen molar-refractivity contribution >= 4 is 39.9 Å². The number of aromatic nitrogens is 1. The maximum atomic E-state index is 12.4. The first kappa shape index (κ1) is 17.4. The van der Waals surface area contributed by atoms with Crippen LogP contribution in [-0.4, -0.2) is 22.8 Å². The van der Waals surface area contributed by atoms with Gasteiger partial charge < -0.3 is 10.6 Å². The van der Waals surface area contributed by atoms with E-state index in [1.807, 2.05) is 20.8 Å². The normalized spacial score (nSPS) is 12.0. The molecule has 2 N–H and O–H groups in total. The quantitative estimate of drug-likeness (QED) is 0.866. The summed E-state index contributed by atoms with van der Waals surface area (Å²) in [4.78, 5) is 29.8. The minimum Gasteiger partial charge on any atom is -0.340 e. The number of nitrogens with one attached hydrogen (secondary N) is 2. The number of aryl methyl sites for hydroxylation is 1. The number of carbonyl (C=O) groups is 2. The maximum Gasteiger partial charge on any atom is 0.251 e. The van der Waals surface area contributed by atoms with Crippen molar-refractivity contribution in [2.75, 3.05) is 5.32 Å². The van der Waals surface area contributed by atoms with Crippen LogP contribution < -0.4 is 10.6 Å². The number of anilines is 1. The van der Waals surface area contributed by atoms with Gasteiger partial charge >= 0.3 is 0 Å². The number of carbonyl (C=O) groups excluding carboxylic acids is 2. The summed E-state index contributed by atoms with van der Waals surface area (Å²) in [6, 6.07) is 5.87. The van der Waals surface area contributed by atoms with E-state index in [0.717, 1.165) is 4.88 Å². The van der Waals surface area contributed by atoms with Crippen molar-refractivity contribution in [3.05, 3.63) is 45.9 Å². The first-order valence-corrected chi connectivity index (χ1v) is 8.36. The van der Waals surface area contributed by atoms with Crippen molar-refractivity contribution in [3.8, 4) is 0 Å². The van der Waals surface area contributed by atoms with Gasteiger partial charge in [0.2, 0.25) is 5.91 Å². The van der Waals surface area contributed by atoms with E-state index in [2.05, 4.69) is 15.6 Å². The second-order valence-corrected chi connectivity index (χ2v) is 7.14. The fourth-order valence-electron chi connectivity index (χ4n) is 1.96. The number of hydrogen-bond donors (Lipinski definition) is 2. The number of hydrogen-bond acceptors (Lipinski definition) is 4. The van der Waals surface area contributed by atoms with Gasteiger partial charge in [-0.25, -0.2) is 4.98 Å². The first-order valence-electron chi connectivity index (χ1n) is 7.16. The average molecular weight is 352 g/mol. The Bertz CT molecular complexity index is 698. The zero-order valence-electron chi connectivity index (χ0n) is 13.1. The van der Waals surface area contributed by atoms with Gasteiger partial charge in [-0.05, 0) is 37.1 Å². The van der Waals surface area contributed by atoms with Gasteiger partial charge in [-0.3, -0.25) is 9.59 Å². The Labute approximate surface area is 144 Å². The van der Waals surface area contributed by atoms with Crippen molar-refractivity contribution in [2.45, 2.75) is 26.8 Å². The lowest BCUT2D eigenvalue weighted by Gasteiger charge is -2.21. The summed E-state index contributed by atoms with van der Waals surface area (Å²) in [6.45, 7) is 5.66. The first-order chi connectivity index (χ1) is 10.9. The Hall–Kier alpha value is -1.92. The highest BCUT2D eigenvalue weighted by Crippen LogP contribution is 2.18. The smallest absolute Gasteiger partial charge is 0.251 e. The molecule has 1 heterocycles. The van der Waals surface area contributed by atoms with E-state index in [9.17, 15) is 9.59 Å². The molecule has 122 valence electrons. The molecular weight excluding hydrogens is 334 g/mol. The molecule has 2 rings (SSSR count). The van der Waals surface area contributed by atoms with Crippen molar-refractivity contribution < 1.29 is 9.59 Å². The van der Waals surface area contributed by atoms with Crippen LogP contribution in [0.5, 0.6) is 0 Å². The summed E-state index contributed by atoms with van der Waals surface area (Å²) in [6.07, 6.45) is 1.69. The maximum absolute atomic E-state index is 12.4. The second-order valence-electron chi connectivity index (χ2n) is 5.47. The van der Waals surface area contributed by atoms with Crippen molar-refractivity contribution in [1.29, 1.82) is 0 Å². The largest absolute Gasteiger partial charge is 0.340 e. The van der Waals surface area contributed by atoms with Crippen molar-refractivity contribution in [2.24, 2.45) is 5.92 Å². The summed E-state index contributed by atoms with van der Waals surface area (Å²) >= 11 is 7.21. The predicted molar refractivity (Wildman–Crippen MR) is 93.0 cm³/mol. The molecule has 5 nitrogen and oxygen atoms in total. The Morgan fingerprint density at radius 2 is 1.87 bits per heavy atom. The predicted octanol–water partition coefficient (Wildman–Crippen LogP) is 3.50. The fourth-order valence-corrected chi connectivity index (χ4v) is 2.75. The minimum atomic E-state index is -0.651. The molecule has 1 atom stereocenters. The lowest BCUT2D eigenvalue weighted by Crippen LogP contribution is -2.47. The molecule has 1 aromatic carbocycles. The number of amides is 2. The standard InChI is InChI=1S/C16H18ClN3O2S/c1-9(2)13(15(22)20-16-18-8-10(3)23-16)19-14(21)11-4-6-12(17)7-5-11/h4-9,13H,1-3H3,(H,19,21)(H,18,20,22). The van der Waals surface area contributed by atoms with Crippen LogP contribution in [-0.2, 0) is 4.79 Å². The molecule has 0 fully saturated rings. The molecule has 0 bridgehead atoms. The van der Waals surface area contributed by atoms with Gasteiger partial charge in [0, 0.05) is 21.7 Å². The van der Waals surface area contributed by atoms with E-state index in [-0.39, 0.29) is 17.7 Å². The van der Waals surface area contributed by atoms with Crippen LogP contribution in [0.4, 0.5) is 5.13 Å². The van der Waals surface area contributed by atoms with Crippen LogP contribution in [0.1, 0.15) is 29.1 Å². The molecule has 0 spiro atoms. The molecule has 7 heteroatoms. The number of rotatable bonds is 5. The minimum absolute atomic E-state index is 0.0627. The number of thiazole rings is 1. The van der Waals surface area contributed by atoms with Crippen LogP contribution in [0.2, 0.25) is 5.02 Å². The molecule has 0 radical (unpaired) electrons. The highest BCUT2D eigenvalue weighted by Gasteiger charge is 2.25. The van der Waals surface area contributed by atoms with E-state index >= 15 is 0 Å². The van der Waals surface area contributed by atoms with E-state index in [1.165, 1.54) is 11.3 Å². The molecule has 0 aliphatic rings. The monoisotopic (exact) mass is 351 g/mol. The molecule has 1 unspecified atom stereocenters. The molecule has 0 saturated carbocycles. The highest BCUT2D eigenvalue weighted by molar-refractivity contribution is 7.15. The Morgan fingerprint density at radius 1 is 1.22 bits per heavy atom. The molecule has 0 aliphatic heterocycles. The number of halogens is 1. The molecule has 0 saturated heterocycles. The summed E-state index contributed by atoms with van der Waals surface area (Å²) < 4.78 is 0. The third kappa shape index (κ3) is 4.77. The lowest BCUT2D eigenvalue weighted by atomic mass is 10.0. The van der Waals surface area contributed by atoms with Crippen LogP contribution in [0, 0.1) is 12.8 Å². The van der Waals surface area contributed by atoms with Gasteiger partial charge in [-0.2, -0.15) is 0 Å². The average Bonchev–Trinajstić information content (AvgIpc) is 2.89. The van der Waals surface area contributed by atoms with Crippen LogP contribution >= 0.6 is 22.9 Å². The summed E-state index contributed by atoms with van der Waals surface area (Å²) in [5.74, 6) is -0.658. The number of nitrogens with zero attached hydrogens (tertiary/aromatic N) is 1. The Balaban J connectivity index is 2.07. The van der Waals surface area contributed by atoms with Crippen LogP contribution in [0.3, 0.4) is 0 Å². The highest BCUT2D eigenvalue weighted by atomic mass is 35.5. The molecule has 1 aromatic heterocycles. The van der Waals surface area contributed by atoms with Crippen molar-refractivity contribution in [3.63, 3.8) is 0 Å². The van der Waals surface area contributed by atoms with E-state index in [1.54, 1.807) is 30.5 Å². The van der Waals surface area contributed by atoms with Crippen molar-refractivity contribution in [1.82, 2.24) is 10.3 Å². The third-order valence-electron chi connectivity index (χ3n) is 3.19. The van der Waals surface area contributed by atoms with Gasteiger partial charge in [0.25, 0.3) is 5.91 Å². The van der Waals surface area contributed by atoms with Gasteiger partial charge in [0.15, 0.2) is 5.13 Å². The van der Waals surface area contributed by atoms with Gasteiger partial charge in [0.05, 0.1) is 0 Å². The second kappa shape index (κ2) is 7.57. The van der Waals surface area contributed by atoms with Gasteiger partial charge in [0.1, 0.15) is 6.04 Å². The lowest BCUT2D eigenvalue weighted by molar-refractivity contribution is -0.118. The Morgan fingerprint density at radius 3 is 2.39 bits per heavy atom. The number of benzene rings is 1. The summed E-state index contributed by atoms with van der Waals surface area (Å²) in [5.41, 5.74) is 0.456. The van der Waals surface area contributed by atoms with Gasteiger partial charge in [-0.15, -0.1) is 11.3 Å². The van der Waals surface area contributed by atoms with Crippen LogP contribution in [0.15, 0.2) is 30.5 Å². The zero-order chi connectivity index (χ0) is 17.0. The summed E-state index contributed by atoms with van der Waals surface area (Å²) in [7, 11) is 0. The van der Waals surface area contributed by atoms with Crippen LogP contribution in [0.25, 0.3) is 0 Å².